The Labute approximate surface area is 178 Å². The molecule has 30 heavy (non-hydrogen) atoms. The van der Waals surface area contributed by atoms with Crippen molar-refractivity contribution in [3.05, 3.63) is 29.8 Å². The van der Waals surface area contributed by atoms with E-state index in [2.05, 4.69) is 39.2 Å². The van der Waals surface area contributed by atoms with Crippen LogP contribution in [0.15, 0.2) is 28.7 Å². The third-order valence-electron chi connectivity index (χ3n) is 6.49. The standard InChI is InChI=1S/C23H33N5O2/c1-17-6-8-20(9-7-17)22-25-26-23(30-22)28-14-10-19(11-15-28)21(29)24-12-16-27-13-4-3-5-18(27)2/h6-9,18-19H,3-5,10-16H2,1-2H3,(H,24,29)/t18-/m0/s1. The normalized spacial score (nSPS) is 21.0. The Morgan fingerprint density at radius 1 is 1.10 bits per heavy atom. The van der Waals surface area contributed by atoms with Crippen LogP contribution in [0.2, 0.25) is 0 Å². The Kier molecular flexibility index (Phi) is 6.67. The fourth-order valence-corrected chi connectivity index (χ4v) is 4.45. The SMILES string of the molecule is Cc1ccc(-c2nnc(N3CCC(C(=O)NCCN4CCCC[C@@H]4C)CC3)o2)cc1. The van der Waals surface area contributed by atoms with Gasteiger partial charge in [-0.05, 0) is 58.2 Å². The van der Waals surface area contributed by atoms with Gasteiger partial charge in [-0.25, -0.2) is 0 Å². The highest BCUT2D eigenvalue weighted by Crippen LogP contribution is 2.26. The second kappa shape index (κ2) is 9.60. The highest BCUT2D eigenvalue weighted by molar-refractivity contribution is 5.78. The second-order valence-electron chi connectivity index (χ2n) is 8.69. The van der Waals surface area contributed by atoms with Gasteiger partial charge in [-0.3, -0.25) is 9.69 Å². The van der Waals surface area contributed by atoms with Gasteiger partial charge < -0.3 is 14.6 Å². The van der Waals surface area contributed by atoms with Gasteiger partial charge in [-0.1, -0.05) is 29.2 Å². The van der Waals surface area contributed by atoms with Crippen LogP contribution in [0.5, 0.6) is 0 Å². The highest BCUT2D eigenvalue weighted by atomic mass is 16.4. The van der Waals surface area contributed by atoms with E-state index in [1.165, 1.54) is 24.8 Å². The predicted octanol–water partition coefficient (Wildman–Crippen LogP) is 3.25. The first-order valence-electron chi connectivity index (χ1n) is 11.3. The molecule has 162 valence electrons. The first-order valence-corrected chi connectivity index (χ1v) is 11.3. The van der Waals surface area contributed by atoms with Crippen molar-refractivity contribution in [2.45, 2.75) is 52.0 Å². The minimum Gasteiger partial charge on any atom is -0.403 e. The molecule has 1 N–H and O–H groups in total. The summed E-state index contributed by atoms with van der Waals surface area (Å²) >= 11 is 0. The smallest absolute Gasteiger partial charge is 0.318 e. The van der Waals surface area contributed by atoms with E-state index in [0.717, 1.165) is 51.1 Å². The van der Waals surface area contributed by atoms with Crippen molar-refractivity contribution in [3.63, 3.8) is 0 Å². The average molecular weight is 412 g/mol. The van der Waals surface area contributed by atoms with E-state index in [0.29, 0.717) is 17.9 Å². The Hall–Kier alpha value is -2.41. The van der Waals surface area contributed by atoms with E-state index in [-0.39, 0.29) is 11.8 Å². The molecular formula is C23H33N5O2. The van der Waals surface area contributed by atoms with Crippen LogP contribution in [0.3, 0.4) is 0 Å². The fourth-order valence-electron chi connectivity index (χ4n) is 4.45. The molecule has 2 aliphatic rings. The van der Waals surface area contributed by atoms with E-state index < -0.39 is 0 Å². The molecular weight excluding hydrogens is 378 g/mol. The molecule has 7 nitrogen and oxygen atoms in total. The lowest BCUT2D eigenvalue weighted by Gasteiger charge is -2.33. The number of aromatic nitrogens is 2. The van der Waals surface area contributed by atoms with Gasteiger partial charge in [0.15, 0.2) is 0 Å². The molecule has 0 spiro atoms. The number of likely N-dealkylation sites (tertiary alicyclic amines) is 1. The average Bonchev–Trinajstić information content (AvgIpc) is 3.26. The summed E-state index contributed by atoms with van der Waals surface area (Å²) in [4.78, 5) is 17.2. The summed E-state index contributed by atoms with van der Waals surface area (Å²) in [5.41, 5.74) is 2.13. The number of aryl methyl sites for hydroxylation is 1. The lowest BCUT2D eigenvalue weighted by molar-refractivity contribution is -0.125. The van der Waals surface area contributed by atoms with Gasteiger partial charge in [-0.2, -0.15) is 0 Å². The van der Waals surface area contributed by atoms with Crippen LogP contribution < -0.4 is 10.2 Å². The number of nitrogens with one attached hydrogen (secondary N) is 1. The maximum atomic E-state index is 12.6. The van der Waals surface area contributed by atoms with Gasteiger partial charge in [0, 0.05) is 43.7 Å². The van der Waals surface area contributed by atoms with Crippen molar-refractivity contribution in [3.8, 4) is 11.5 Å². The zero-order valence-corrected chi connectivity index (χ0v) is 18.1. The molecule has 0 aliphatic carbocycles. The zero-order chi connectivity index (χ0) is 20.9. The number of anilines is 1. The van der Waals surface area contributed by atoms with E-state index in [1.54, 1.807) is 0 Å². The number of carbonyl (C=O) groups excluding carboxylic acids is 1. The van der Waals surface area contributed by atoms with E-state index >= 15 is 0 Å². The van der Waals surface area contributed by atoms with Gasteiger partial charge in [0.1, 0.15) is 0 Å². The molecule has 1 amide bonds. The number of hydrogen-bond acceptors (Lipinski definition) is 6. The molecule has 3 heterocycles. The molecule has 4 rings (SSSR count). The second-order valence-corrected chi connectivity index (χ2v) is 8.69. The van der Waals surface area contributed by atoms with Crippen molar-refractivity contribution >= 4 is 11.9 Å². The van der Waals surface area contributed by atoms with Crippen LogP contribution >= 0.6 is 0 Å². The van der Waals surface area contributed by atoms with Crippen molar-refractivity contribution in [1.29, 1.82) is 0 Å². The molecule has 1 aromatic heterocycles. The Bertz CT molecular complexity index is 826. The van der Waals surface area contributed by atoms with E-state index in [1.807, 2.05) is 24.3 Å². The number of benzene rings is 1. The summed E-state index contributed by atoms with van der Waals surface area (Å²) in [7, 11) is 0. The zero-order valence-electron chi connectivity index (χ0n) is 18.1. The fraction of sp³-hybridized carbons (Fsp3) is 0.609. The number of nitrogens with zero attached hydrogens (tertiary/aromatic N) is 4. The monoisotopic (exact) mass is 411 g/mol. The molecule has 0 unspecified atom stereocenters. The summed E-state index contributed by atoms with van der Waals surface area (Å²) in [5, 5.41) is 11.6. The van der Waals surface area contributed by atoms with Crippen LogP contribution in [0, 0.1) is 12.8 Å². The quantitative estimate of drug-likeness (QED) is 0.787. The van der Waals surface area contributed by atoms with Crippen LogP contribution in [0.1, 0.15) is 44.6 Å². The molecule has 2 aliphatic heterocycles. The van der Waals surface area contributed by atoms with Crippen LogP contribution in [0.4, 0.5) is 6.01 Å². The number of amides is 1. The molecule has 0 bridgehead atoms. The molecule has 1 atom stereocenters. The summed E-state index contributed by atoms with van der Waals surface area (Å²) < 4.78 is 5.88. The molecule has 7 heteroatoms. The summed E-state index contributed by atoms with van der Waals surface area (Å²) in [6, 6.07) is 9.24. The van der Waals surface area contributed by atoms with Crippen LogP contribution in [-0.4, -0.2) is 59.8 Å². The first kappa shape index (κ1) is 20.8. The van der Waals surface area contributed by atoms with E-state index in [9.17, 15) is 4.79 Å². The molecule has 1 aromatic carbocycles. The molecule has 2 saturated heterocycles. The van der Waals surface area contributed by atoms with Gasteiger partial charge in [-0.15, -0.1) is 5.10 Å². The summed E-state index contributed by atoms with van der Waals surface area (Å²) in [6.45, 7) is 8.72. The van der Waals surface area contributed by atoms with Gasteiger partial charge in [0.05, 0.1) is 0 Å². The minimum atomic E-state index is 0.0690. The summed E-state index contributed by atoms with van der Waals surface area (Å²) in [6.07, 6.45) is 5.50. The Morgan fingerprint density at radius 3 is 2.60 bits per heavy atom. The number of piperidine rings is 2. The van der Waals surface area contributed by atoms with Gasteiger partial charge in [0.25, 0.3) is 0 Å². The minimum absolute atomic E-state index is 0.0690. The number of carbonyl (C=O) groups is 1. The molecule has 2 aromatic rings. The van der Waals surface area contributed by atoms with Gasteiger partial charge in [0.2, 0.25) is 11.8 Å². The molecule has 0 radical (unpaired) electrons. The third-order valence-corrected chi connectivity index (χ3v) is 6.49. The maximum absolute atomic E-state index is 12.6. The van der Waals surface area contributed by atoms with Crippen molar-refractivity contribution in [1.82, 2.24) is 20.4 Å². The largest absolute Gasteiger partial charge is 0.403 e. The van der Waals surface area contributed by atoms with E-state index in [4.69, 9.17) is 4.42 Å². The topological polar surface area (TPSA) is 74.5 Å². The Balaban J connectivity index is 1.23. The lowest BCUT2D eigenvalue weighted by atomic mass is 9.96. The first-order chi connectivity index (χ1) is 14.6. The van der Waals surface area contributed by atoms with Crippen molar-refractivity contribution in [2.75, 3.05) is 37.6 Å². The van der Waals surface area contributed by atoms with Crippen LogP contribution in [-0.2, 0) is 4.79 Å². The molecule has 2 fully saturated rings. The lowest BCUT2D eigenvalue weighted by Crippen LogP contribution is -2.45. The van der Waals surface area contributed by atoms with Crippen LogP contribution in [0.25, 0.3) is 11.5 Å². The summed E-state index contributed by atoms with van der Waals surface area (Å²) in [5.74, 6) is 0.793. The van der Waals surface area contributed by atoms with Crippen molar-refractivity contribution < 1.29 is 9.21 Å². The number of rotatable bonds is 6. The number of hydrogen-bond donors (Lipinski definition) is 1. The third kappa shape index (κ3) is 5.01. The predicted molar refractivity (Wildman–Crippen MR) is 117 cm³/mol. The van der Waals surface area contributed by atoms with Crippen molar-refractivity contribution in [2.24, 2.45) is 5.92 Å². The van der Waals surface area contributed by atoms with Gasteiger partial charge >= 0.3 is 6.01 Å². The maximum Gasteiger partial charge on any atom is 0.318 e. The highest BCUT2D eigenvalue weighted by Gasteiger charge is 2.27. The molecule has 0 saturated carbocycles. The Morgan fingerprint density at radius 2 is 1.87 bits per heavy atom.